The summed E-state index contributed by atoms with van der Waals surface area (Å²) in [6.45, 7) is 4.87. The van der Waals surface area contributed by atoms with Crippen molar-refractivity contribution in [2.45, 2.75) is 283 Å². The summed E-state index contributed by atoms with van der Waals surface area (Å²) in [6, 6.07) is -0.635. The molecule has 0 saturated heterocycles. The molecule has 56 heavy (non-hydrogen) atoms. The molecule has 0 heterocycles. The molecule has 2 atom stereocenters. The molecular weight excluding hydrogens is 695 g/mol. The second kappa shape index (κ2) is 46.3. The molecule has 332 valence electrons. The largest absolute Gasteiger partial charge is 0.466 e. The number of hydrogen-bond donors (Lipinski definition) is 3. The van der Waals surface area contributed by atoms with Gasteiger partial charge in [-0.2, -0.15) is 0 Å². The number of amides is 1. The average molecular weight is 792 g/mol. The molecule has 3 N–H and O–H groups in total. The Labute approximate surface area is 349 Å². The highest BCUT2D eigenvalue weighted by molar-refractivity contribution is 5.76. The number of unbranched alkanes of at least 4 members (excludes halogenated alkanes) is 35. The Morgan fingerprint density at radius 1 is 0.482 bits per heavy atom. The highest BCUT2D eigenvalue weighted by Gasteiger charge is 2.18. The Hall–Kier alpha value is -1.40. The van der Waals surface area contributed by atoms with Crippen LogP contribution < -0.4 is 5.32 Å². The molecule has 0 rings (SSSR count). The fourth-order valence-electron chi connectivity index (χ4n) is 7.69. The van der Waals surface area contributed by atoms with Gasteiger partial charge in [0.1, 0.15) is 0 Å². The van der Waals surface area contributed by atoms with Gasteiger partial charge in [0.25, 0.3) is 0 Å². The third-order valence-electron chi connectivity index (χ3n) is 11.6. The van der Waals surface area contributed by atoms with Crippen LogP contribution in [0.2, 0.25) is 0 Å². The van der Waals surface area contributed by atoms with E-state index >= 15 is 0 Å². The Balaban J connectivity index is 3.47. The summed E-state index contributed by atoms with van der Waals surface area (Å²) in [5.74, 6) is -0.0859. The third-order valence-corrected chi connectivity index (χ3v) is 11.6. The van der Waals surface area contributed by atoms with Crippen LogP contribution in [0.25, 0.3) is 0 Å². The number of aliphatic hydroxyl groups is 2. The van der Waals surface area contributed by atoms with Crippen LogP contribution >= 0.6 is 0 Å². The van der Waals surface area contributed by atoms with Crippen molar-refractivity contribution in [3.63, 3.8) is 0 Å². The van der Waals surface area contributed by atoms with Gasteiger partial charge in [-0.05, 0) is 32.1 Å². The van der Waals surface area contributed by atoms with Gasteiger partial charge < -0.3 is 20.3 Å². The summed E-state index contributed by atoms with van der Waals surface area (Å²) in [4.78, 5) is 24.4. The molecule has 0 saturated carbocycles. The van der Waals surface area contributed by atoms with E-state index in [9.17, 15) is 19.8 Å². The topological polar surface area (TPSA) is 95.9 Å². The van der Waals surface area contributed by atoms with Gasteiger partial charge in [-0.25, -0.2) is 0 Å². The van der Waals surface area contributed by atoms with Crippen molar-refractivity contribution in [3.8, 4) is 0 Å². The highest BCUT2D eigenvalue weighted by Crippen LogP contribution is 2.16. The van der Waals surface area contributed by atoms with E-state index < -0.39 is 12.1 Å². The van der Waals surface area contributed by atoms with Crippen LogP contribution in [0, 0.1) is 0 Å². The zero-order valence-electron chi connectivity index (χ0n) is 37.6. The van der Waals surface area contributed by atoms with E-state index in [1.54, 1.807) is 6.08 Å². The number of rotatable bonds is 46. The molecule has 0 bridgehead atoms. The number of nitrogens with one attached hydrogen (secondary N) is 1. The molecule has 0 aromatic rings. The SMILES string of the molecule is CCCCCCCCCCCCC/C=C/C(O)C(CO)NC(=O)CCCCCCCCCCCCCCCOC(=O)CCCCCCCCCCCCCCC. The van der Waals surface area contributed by atoms with Gasteiger partial charge in [0.2, 0.25) is 5.91 Å². The van der Waals surface area contributed by atoms with E-state index in [1.807, 2.05) is 6.08 Å². The molecular formula is C50H97NO5. The van der Waals surface area contributed by atoms with Crippen molar-refractivity contribution in [2.75, 3.05) is 13.2 Å². The molecule has 0 fully saturated rings. The molecule has 0 aliphatic carbocycles. The number of allylic oxidation sites excluding steroid dienone is 1. The van der Waals surface area contributed by atoms with Crippen LogP contribution in [-0.4, -0.2) is 47.4 Å². The van der Waals surface area contributed by atoms with E-state index in [4.69, 9.17) is 4.74 Å². The summed E-state index contributed by atoms with van der Waals surface area (Å²) in [5.41, 5.74) is 0. The van der Waals surface area contributed by atoms with Crippen LogP contribution in [0.15, 0.2) is 12.2 Å². The summed E-state index contributed by atoms with van der Waals surface area (Å²) in [6.07, 6.45) is 52.0. The minimum Gasteiger partial charge on any atom is -0.466 e. The zero-order chi connectivity index (χ0) is 40.8. The smallest absolute Gasteiger partial charge is 0.305 e. The number of carbonyl (C=O) groups is 2. The van der Waals surface area contributed by atoms with Gasteiger partial charge in [0.15, 0.2) is 0 Å². The van der Waals surface area contributed by atoms with Gasteiger partial charge >= 0.3 is 5.97 Å². The fraction of sp³-hybridized carbons (Fsp3) is 0.920. The third kappa shape index (κ3) is 42.2. The normalized spacial score (nSPS) is 12.7. The second-order valence-corrected chi connectivity index (χ2v) is 17.2. The van der Waals surface area contributed by atoms with Crippen LogP contribution in [0.3, 0.4) is 0 Å². The van der Waals surface area contributed by atoms with Crippen LogP contribution in [0.4, 0.5) is 0 Å². The summed E-state index contributed by atoms with van der Waals surface area (Å²) in [5, 5.41) is 23.0. The molecule has 0 aliphatic rings. The van der Waals surface area contributed by atoms with Crippen molar-refractivity contribution >= 4 is 11.9 Å². The Kier molecular flexibility index (Phi) is 45.1. The number of aliphatic hydroxyl groups excluding tert-OH is 2. The van der Waals surface area contributed by atoms with E-state index in [2.05, 4.69) is 19.2 Å². The van der Waals surface area contributed by atoms with Crippen LogP contribution in [-0.2, 0) is 14.3 Å². The van der Waals surface area contributed by atoms with Crippen molar-refractivity contribution < 1.29 is 24.5 Å². The molecule has 6 nitrogen and oxygen atoms in total. The first-order valence-electron chi connectivity index (χ1n) is 25.0. The monoisotopic (exact) mass is 792 g/mol. The highest BCUT2D eigenvalue weighted by atomic mass is 16.5. The predicted molar refractivity (Wildman–Crippen MR) is 241 cm³/mol. The molecule has 0 spiro atoms. The van der Waals surface area contributed by atoms with Gasteiger partial charge in [-0.15, -0.1) is 0 Å². The van der Waals surface area contributed by atoms with Crippen LogP contribution in [0.1, 0.15) is 271 Å². The van der Waals surface area contributed by atoms with Gasteiger partial charge in [-0.3, -0.25) is 9.59 Å². The quantitative estimate of drug-likeness (QED) is 0.0324. The first-order valence-corrected chi connectivity index (χ1v) is 25.0. The Bertz CT molecular complexity index is 832. The number of esters is 1. The van der Waals surface area contributed by atoms with Gasteiger partial charge in [-0.1, -0.05) is 238 Å². The summed E-state index contributed by atoms with van der Waals surface area (Å²) >= 11 is 0. The molecule has 0 aromatic heterocycles. The van der Waals surface area contributed by atoms with Crippen molar-refractivity contribution in [3.05, 3.63) is 12.2 Å². The maximum Gasteiger partial charge on any atom is 0.305 e. The number of hydrogen-bond acceptors (Lipinski definition) is 5. The molecule has 0 aromatic carbocycles. The van der Waals surface area contributed by atoms with E-state index in [0.717, 1.165) is 57.8 Å². The average Bonchev–Trinajstić information content (AvgIpc) is 3.20. The first kappa shape index (κ1) is 54.6. The number of ether oxygens (including phenoxy) is 1. The maximum absolute atomic E-state index is 12.4. The second-order valence-electron chi connectivity index (χ2n) is 17.2. The molecule has 0 aliphatic heterocycles. The lowest BCUT2D eigenvalue weighted by Gasteiger charge is -2.20. The summed E-state index contributed by atoms with van der Waals surface area (Å²) < 4.78 is 5.45. The lowest BCUT2D eigenvalue weighted by Crippen LogP contribution is -2.45. The van der Waals surface area contributed by atoms with E-state index in [1.165, 1.54) is 186 Å². The molecule has 2 unspecified atom stereocenters. The van der Waals surface area contributed by atoms with Gasteiger partial charge in [0, 0.05) is 12.8 Å². The minimum atomic E-state index is -0.850. The predicted octanol–water partition coefficient (Wildman–Crippen LogP) is 14.6. The van der Waals surface area contributed by atoms with E-state index in [0.29, 0.717) is 19.4 Å². The maximum atomic E-state index is 12.4. The first-order chi connectivity index (χ1) is 27.5. The standard InChI is InChI=1S/C50H97NO5/c1-3-5-7-9-11-13-15-18-22-26-30-34-38-42-48(53)47(46-52)51-49(54)43-39-35-31-27-23-20-17-21-25-29-33-37-41-45-56-50(55)44-40-36-32-28-24-19-16-14-12-10-8-6-4-2/h38,42,47-48,52-53H,3-37,39-41,43-46H2,1-2H3,(H,51,54)/b42-38+. The fourth-order valence-corrected chi connectivity index (χ4v) is 7.69. The van der Waals surface area contributed by atoms with Crippen molar-refractivity contribution in [1.29, 1.82) is 0 Å². The van der Waals surface area contributed by atoms with Crippen molar-refractivity contribution in [1.82, 2.24) is 5.32 Å². The Morgan fingerprint density at radius 2 is 0.821 bits per heavy atom. The van der Waals surface area contributed by atoms with Gasteiger partial charge in [0.05, 0.1) is 25.4 Å². The lowest BCUT2D eigenvalue weighted by molar-refractivity contribution is -0.143. The summed E-state index contributed by atoms with van der Waals surface area (Å²) in [7, 11) is 0. The Morgan fingerprint density at radius 3 is 1.21 bits per heavy atom. The molecule has 1 amide bonds. The van der Waals surface area contributed by atoms with Crippen LogP contribution in [0.5, 0.6) is 0 Å². The van der Waals surface area contributed by atoms with Crippen molar-refractivity contribution in [2.24, 2.45) is 0 Å². The van der Waals surface area contributed by atoms with E-state index in [-0.39, 0.29) is 18.5 Å². The molecule has 6 heteroatoms. The number of carbonyl (C=O) groups excluding carboxylic acids is 2. The lowest BCUT2D eigenvalue weighted by atomic mass is 10.0. The molecule has 0 radical (unpaired) electrons. The zero-order valence-corrected chi connectivity index (χ0v) is 37.6. The minimum absolute atomic E-state index is 0.00546.